The number of hydrogen-bond acceptors (Lipinski definition) is 2. The van der Waals surface area contributed by atoms with Crippen molar-refractivity contribution in [1.82, 2.24) is 0 Å². The average Bonchev–Trinajstić information content (AvgIpc) is 2.68. The molecule has 0 saturated heterocycles. The minimum atomic E-state index is -2.86. The lowest BCUT2D eigenvalue weighted by molar-refractivity contribution is -0.927. The van der Waals surface area contributed by atoms with E-state index in [2.05, 4.69) is 27.7 Å². The van der Waals surface area contributed by atoms with E-state index >= 15 is 0 Å². The molecule has 0 saturated carbocycles. The van der Waals surface area contributed by atoms with E-state index in [1.165, 1.54) is 69.2 Å². The van der Waals surface area contributed by atoms with Crippen LogP contribution in [-0.2, 0) is 4.57 Å². The highest BCUT2D eigenvalue weighted by atomic mass is 31.1. The fourth-order valence-corrected chi connectivity index (χ4v) is 3.55. The Labute approximate surface area is 161 Å². The van der Waals surface area contributed by atoms with E-state index < -0.39 is 13.9 Å². The summed E-state index contributed by atoms with van der Waals surface area (Å²) in [5.74, 6) is -1.22. The van der Waals surface area contributed by atoms with Gasteiger partial charge in [0.15, 0.2) is 5.85 Å². The number of unbranched alkanes of at least 4 members (excludes halogenated alkanes) is 3. The summed E-state index contributed by atoms with van der Waals surface area (Å²) in [7, 11) is -2.86. The van der Waals surface area contributed by atoms with Crippen LogP contribution in [0.4, 0.5) is 0 Å². The van der Waals surface area contributed by atoms with Gasteiger partial charge in [0, 0.05) is 0 Å². The van der Waals surface area contributed by atoms with Gasteiger partial charge in [-0.1, -0.05) is 70.4 Å². The monoisotopic (exact) mass is 386 g/mol. The normalized spacial score (nSPS) is 13.6. The van der Waals surface area contributed by atoms with Gasteiger partial charge < -0.3 is 14.5 Å². The molecule has 26 heavy (non-hydrogen) atoms. The van der Waals surface area contributed by atoms with Crippen LogP contribution in [0.15, 0.2) is 30.3 Å². The van der Waals surface area contributed by atoms with E-state index in [0.717, 1.165) is 0 Å². The second-order valence-corrected chi connectivity index (χ2v) is 8.26. The summed E-state index contributed by atoms with van der Waals surface area (Å²) in [5.41, 5.74) is 0.485. The molecule has 0 aliphatic heterocycles. The van der Waals surface area contributed by atoms with Crippen LogP contribution in [0.3, 0.4) is 0 Å². The smallest absolute Gasteiger partial charge is 0.221 e. The Morgan fingerprint density at radius 2 is 1.31 bits per heavy atom. The molecule has 0 radical (unpaired) electrons. The zero-order valence-corrected chi connectivity index (χ0v) is 18.3. The van der Waals surface area contributed by atoms with E-state index in [4.69, 9.17) is 10.00 Å². The van der Waals surface area contributed by atoms with Crippen molar-refractivity contribution >= 4 is 8.03 Å². The summed E-state index contributed by atoms with van der Waals surface area (Å²) in [6.07, 6.45) is 8.25. The van der Waals surface area contributed by atoms with Gasteiger partial charge in [-0.15, -0.1) is 0 Å². The lowest BCUT2D eigenvalue weighted by atomic mass is 10.1. The Bertz CT molecular complexity index is 446. The molecule has 0 aromatic heterocycles. The molecule has 4 nitrogen and oxygen atoms in total. The van der Waals surface area contributed by atoms with Crippen LogP contribution in [0.5, 0.6) is 0 Å². The number of quaternary nitrogens is 1. The maximum absolute atomic E-state index is 10.4. The molecule has 0 heterocycles. The summed E-state index contributed by atoms with van der Waals surface area (Å²) in [4.78, 5) is 8.57. The fourth-order valence-electron chi connectivity index (χ4n) is 3.07. The molecule has 152 valence electrons. The molecule has 2 N–H and O–H groups in total. The average molecular weight is 387 g/mol. The first-order chi connectivity index (χ1) is 12.5. The largest absolute Gasteiger partial charge is 0.378 e. The topological polar surface area (TPSA) is 57.5 Å². The number of aliphatic hydroxyl groups is 1. The predicted molar refractivity (Wildman–Crippen MR) is 113 cm³/mol. The minimum Gasteiger partial charge on any atom is -0.378 e. The van der Waals surface area contributed by atoms with Gasteiger partial charge in [0.05, 0.1) is 26.2 Å². The lowest BCUT2D eigenvalue weighted by Crippen LogP contribution is -2.49. The maximum atomic E-state index is 10.4. The molecule has 1 aromatic rings. The highest BCUT2D eigenvalue weighted by molar-refractivity contribution is 7.38. The molecule has 0 aliphatic carbocycles. The number of nitrogens with zero attached hydrogens (tertiary/aromatic N) is 1. The highest BCUT2D eigenvalue weighted by Gasteiger charge is 2.22. The highest BCUT2D eigenvalue weighted by Crippen LogP contribution is 2.34. The van der Waals surface area contributed by atoms with Crippen molar-refractivity contribution in [2.75, 3.05) is 26.2 Å². The second kappa shape index (κ2) is 15.4. The standard InChI is InChI=1S/C14H32N.C7H9O3P/c1-5-9-12-15(8-4,13-10-6-2)14-11-7-3;8-7(11(9)10)6-4-2-1-3-5-6/h5-14H2,1-4H3;1-5,7-8,11H,(H,9,10)/q+1;. The summed E-state index contributed by atoms with van der Waals surface area (Å²) in [5, 5.41) is 9.08. The Morgan fingerprint density at radius 1 is 0.885 bits per heavy atom. The van der Waals surface area contributed by atoms with Crippen molar-refractivity contribution in [3.63, 3.8) is 0 Å². The van der Waals surface area contributed by atoms with Crippen molar-refractivity contribution < 1.29 is 19.0 Å². The Morgan fingerprint density at radius 3 is 1.62 bits per heavy atom. The van der Waals surface area contributed by atoms with Crippen LogP contribution in [0, 0.1) is 0 Å². The third-order valence-electron chi connectivity index (χ3n) is 4.98. The van der Waals surface area contributed by atoms with Gasteiger partial charge in [-0.05, 0) is 31.7 Å². The van der Waals surface area contributed by atoms with E-state index in [-0.39, 0.29) is 0 Å². The van der Waals surface area contributed by atoms with Crippen LogP contribution in [0.25, 0.3) is 0 Å². The summed E-state index contributed by atoms with van der Waals surface area (Å²) in [6.45, 7) is 14.9. The van der Waals surface area contributed by atoms with Crippen LogP contribution in [0.2, 0.25) is 0 Å². The second-order valence-electron chi connectivity index (χ2n) is 7.04. The fraction of sp³-hybridized carbons (Fsp3) is 0.714. The molecule has 1 aromatic carbocycles. The van der Waals surface area contributed by atoms with Gasteiger partial charge in [0.1, 0.15) is 0 Å². The Kier molecular flexibility index (Phi) is 15.0. The molecule has 2 unspecified atom stereocenters. The number of benzene rings is 1. The number of aliphatic hydroxyl groups excluding tert-OH is 1. The molecule has 0 aliphatic rings. The van der Waals surface area contributed by atoms with Crippen molar-refractivity contribution in [2.24, 2.45) is 0 Å². The predicted octanol–water partition coefficient (Wildman–Crippen LogP) is 5.37. The van der Waals surface area contributed by atoms with Crippen molar-refractivity contribution in [1.29, 1.82) is 0 Å². The number of rotatable bonds is 12. The zero-order valence-electron chi connectivity index (χ0n) is 17.3. The maximum Gasteiger partial charge on any atom is 0.221 e. The van der Waals surface area contributed by atoms with Gasteiger partial charge in [0.2, 0.25) is 8.03 Å². The van der Waals surface area contributed by atoms with Crippen LogP contribution >= 0.6 is 8.03 Å². The van der Waals surface area contributed by atoms with Gasteiger partial charge in [-0.3, -0.25) is 4.57 Å². The van der Waals surface area contributed by atoms with Crippen LogP contribution < -0.4 is 0 Å². The van der Waals surface area contributed by atoms with Gasteiger partial charge in [-0.25, -0.2) is 0 Å². The van der Waals surface area contributed by atoms with Crippen molar-refractivity contribution in [3.8, 4) is 0 Å². The quantitative estimate of drug-likeness (QED) is 0.375. The molecule has 5 heteroatoms. The molecule has 2 atom stereocenters. The molecular weight excluding hydrogens is 345 g/mol. The summed E-state index contributed by atoms with van der Waals surface area (Å²) < 4.78 is 11.8. The van der Waals surface area contributed by atoms with Crippen LogP contribution in [0.1, 0.15) is 77.6 Å². The molecular formula is C21H41NO3P+. The molecule has 0 fully saturated rings. The zero-order chi connectivity index (χ0) is 19.8. The van der Waals surface area contributed by atoms with Crippen LogP contribution in [-0.4, -0.2) is 40.7 Å². The van der Waals surface area contributed by atoms with E-state index in [1.807, 2.05) is 0 Å². The molecule has 0 bridgehead atoms. The van der Waals surface area contributed by atoms with Crippen molar-refractivity contribution in [2.45, 2.75) is 72.1 Å². The van der Waals surface area contributed by atoms with E-state index in [9.17, 15) is 4.57 Å². The first-order valence-electron chi connectivity index (χ1n) is 10.3. The summed E-state index contributed by atoms with van der Waals surface area (Å²) in [6, 6.07) is 8.43. The lowest BCUT2D eigenvalue weighted by Gasteiger charge is -2.38. The Hall–Kier alpha value is -0.670. The van der Waals surface area contributed by atoms with E-state index in [1.54, 1.807) is 30.3 Å². The van der Waals surface area contributed by atoms with E-state index in [0.29, 0.717) is 5.56 Å². The molecule has 1 rings (SSSR count). The van der Waals surface area contributed by atoms with Gasteiger partial charge in [-0.2, -0.15) is 0 Å². The van der Waals surface area contributed by atoms with Gasteiger partial charge >= 0.3 is 0 Å². The first kappa shape index (κ1) is 25.3. The minimum absolute atomic E-state index is 0.485. The van der Waals surface area contributed by atoms with Gasteiger partial charge in [0.25, 0.3) is 0 Å². The molecule has 0 spiro atoms. The SMILES string of the molecule is CCCC[N+](CC)(CCCC)CCCC.O=[PH](O)C(O)c1ccccc1. The summed E-state index contributed by atoms with van der Waals surface area (Å²) >= 11 is 0. The third-order valence-corrected chi connectivity index (χ3v) is 5.78. The Balaban J connectivity index is 0.000000502. The third kappa shape index (κ3) is 10.5. The number of hydrogen-bond donors (Lipinski definition) is 2. The molecule has 0 amide bonds. The first-order valence-corrected chi connectivity index (χ1v) is 11.7. The van der Waals surface area contributed by atoms with Crippen molar-refractivity contribution in [3.05, 3.63) is 35.9 Å².